The molecule has 0 spiro atoms. The van der Waals surface area contributed by atoms with E-state index in [-0.39, 0.29) is 11.5 Å². The van der Waals surface area contributed by atoms with E-state index in [1.165, 1.54) is 29.4 Å². The molecule has 9 heteroatoms. The molecule has 1 aromatic heterocycles. The monoisotopic (exact) mass is 400 g/mol. The third kappa shape index (κ3) is 5.07. The molecule has 0 aliphatic carbocycles. The summed E-state index contributed by atoms with van der Waals surface area (Å²) in [6.45, 7) is 4.35. The van der Waals surface area contributed by atoms with Crippen molar-refractivity contribution in [1.82, 2.24) is 9.78 Å². The molecule has 0 bridgehead atoms. The topological polar surface area (TPSA) is 62.6 Å². The van der Waals surface area contributed by atoms with E-state index in [2.05, 4.69) is 12.0 Å². The van der Waals surface area contributed by atoms with Crippen molar-refractivity contribution < 1.29 is 13.8 Å². The minimum Gasteiger partial charge on any atom is -0.488 e. The first-order valence-electron chi connectivity index (χ1n) is 7.85. The number of nitrogens with zero attached hydrogens (tertiary/aromatic N) is 2. The molecule has 0 N–H and O–H groups in total. The number of para-hydroxylation sites is 1. The summed E-state index contributed by atoms with van der Waals surface area (Å²) < 4.78 is 18.1. The lowest BCUT2D eigenvalue weighted by Crippen LogP contribution is -2.22. The molecule has 0 aliphatic heterocycles. The molecule has 0 saturated carbocycles. The second-order valence-electron chi connectivity index (χ2n) is 4.88. The highest BCUT2D eigenvalue weighted by atomic mass is 32.9. The standard InChI is InChI=1S/C16H21N2O4PS2/c1-4-11-25-23(24,21-5-2)22-14-12-17-18(16(19)15(14)20-3)13-9-7-6-8-10-13/h6-10,12H,4-5,11H2,1-3H3. The van der Waals surface area contributed by atoms with Gasteiger partial charge in [0.15, 0.2) is 5.75 Å². The van der Waals surface area contributed by atoms with Gasteiger partial charge in [0.25, 0.3) is 5.69 Å². The largest absolute Gasteiger partial charge is 0.488 e. The molecule has 0 aliphatic rings. The maximum atomic E-state index is 12.7. The van der Waals surface area contributed by atoms with E-state index in [0.29, 0.717) is 12.3 Å². The van der Waals surface area contributed by atoms with Crippen molar-refractivity contribution in [3.05, 3.63) is 46.9 Å². The van der Waals surface area contributed by atoms with Crippen molar-refractivity contribution >= 4 is 28.9 Å². The molecule has 0 radical (unpaired) electrons. The van der Waals surface area contributed by atoms with E-state index in [1.54, 1.807) is 12.1 Å². The third-order valence-corrected chi connectivity index (χ3v) is 8.48. The molecule has 0 amide bonds. The number of benzene rings is 1. The number of hydrogen-bond donors (Lipinski definition) is 0. The first kappa shape index (κ1) is 20.0. The predicted molar refractivity (Wildman–Crippen MR) is 106 cm³/mol. The predicted octanol–water partition coefficient (Wildman–Crippen LogP) is 4.02. The number of rotatable bonds is 9. The Morgan fingerprint density at radius 3 is 2.60 bits per heavy atom. The fourth-order valence-corrected chi connectivity index (χ4v) is 6.66. The molecule has 1 heterocycles. The first-order valence-corrected chi connectivity index (χ1v) is 12.1. The minimum absolute atomic E-state index is 0.0601. The number of hydrogen-bond acceptors (Lipinski definition) is 7. The van der Waals surface area contributed by atoms with Crippen LogP contribution in [0.25, 0.3) is 5.69 Å². The zero-order chi connectivity index (χ0) is 18.3. The van der Waals surface area contributed by atoms with Crippen molar-refractivity contribution in [2.45, 2.75) is 20.3 Å². The van der Waals surface area contributed by atoms with E-state index in [0.717, 1.165) is 12.2 Å². The Hall–Kier alpha value is -1.34. The van der Waals surface area contributed by atoms with Gasteiger partial charge in [-0.15, -0.1) is 0 Å². The maximum absolute atomic E-state index is 12.7. The van der Waals surface area contributed by atoms with Crippen LogP contribution in [-0.2, 0) is 16.3 Å². The van der Waals surface area contributed by atoms with Crippen molar-refractivity contribution in [1.29, 1.82) is 0 Å². The van der Waals surface area contributed by atoms with Crippen LogP contribution >= 0.6 is 17.1 Å². The molecule has 1 atom stereocenters. The molecule has 1 unspecified atom stereocenters. The van der Waals surface area contributed by atoms with E-state index in [4.69, 9.17) is 25.6 Å². The molecule has 136 valence electrons. The van der Waals surface area contributed by atoms with Gasteiger partial charge >= 0.3 is 5.56 Å². The summed E-state index contributed by atoms with van der Waals surface area (Å²) in [5.74, 6) is 1.08. The van der Waals surface area contributed by atoms with E-state index in [1.807, 2.05) is 25.1 Å². The first-order chi connectivity index (χ1) is 12.0. The van der Waals surface area contributed by atoms with Gasteiger partial charge in [0.2, 0.25) is 5.75 Å². The van der Waals surface area contributed by atoms with E-state index >= 15 is 0 Å². The SMILES string of the molecule is CCCSP(=S)(OCC)Oc1cnn(-c2ccccc2)c(=O)c1OC. The van der Waals surface area contributed by atoms with Crippen LogP contribution in [0.5, 0.6) is 11.5 Å². The van der Waals surface area contributed by atoms with Crippen LogP contribution in [0.1, 0.15) is 20.3 Å². The molecule has 25 heavy (non-hydrogen) atoms. The Kier molecular flexibility index (Phi) is 7.50. The second kappa shape index (κ2) is 9.38. The Morgan fingerprint density at radius 1 is 1.28 bits per heavy atom. The van der Waals surface area contributed by atoms with Gasteiger partial charge in [0.05, 0.1) is 25.6 Å². The molecule has 0 saturated heterocycles. The van der Waals surface area contributed by atoms with Gasteiger partial charge < -0.3 is 13.8 Å². The molecule has 2 rings (SSSR count). The summed E-state index contributed by atoms with van der Waals surface area (Å²) >= 11 is 7.02. The van der Waals surface area contributed by atoms with Crippen LogP contribution in [0.4, 0.5) is 0 Å². The Balaban J connectivity index is 2.40. The number of ether oxygens (including phenoxy) is 1. The van der Waals surface area contributed by atoms with Crippen LogP contribution in [0.15, 0.2) is 41.3 Å². The van der Waals surface area contributed by atoms with Gasteiger partial charge in [-0.3, -0.25) is 4.79 Å². The van der Waals surface area contributed by atoms with Crippen LogP contribution in [0, 0.1) is 0 Å². The molecular weight excluding hydrogens is 379 g/mol. The fourth-order valence-electron chi connectivity index (χ4n) is 2.00. The van der Waals surface area contributed by atoms with Crippen LogP contribution in [0.2, 0.25) is 0 Å². The Labute approximate surface area is 156 Å². The zero-order valence-corrected chi connectivity index (χ0v) is 16.9. The Bertz CT molecular complexity index is 798. The summed E-state index contributed by atoms with van der Waals surface area (Å²) in [7, 11) is 1.42. The summed E-state index contributed by atoms with van der Waals surface area (Å²) in [5, 5.41) is 4.19. The summed E-state index contributed by atoms with van der Waals surface area (Å²) in [6.07, 6.45) is 2.39. The lowest BCUT2D eigenvalue weighted by Gasteiger charge is -2.22. The average molecular weight is 400 g/mol. The molecular formula is C16H21N2O4PS2. The highest BCUT2D eigenvalue weighted by Crippen LogP contribution is 2.61. The van der Waals surface area contributed by atoms with Crippen LogP contribution in [-0.4, -0.2) is 29.3 Å². The second-order valence-corrected chi connectivity index (χ2v) is 11.2. The van der Waals surface area contributed by atoms with Crippen molar-refractivity contribution in [2.75, 3.05) is 19.5 Å². The van der Waals surface area contributed by atoms with E-state index < -0.39 is 11.3 Å². The van der Waals surface area contributed by atoms with Gasteiger partial charge in [0.1, 0.15) is 0 Å². The molecule has 6 nitrogen and oxygen atoms in total. The van der Waals surface area contributed by atoms with Crippen LogP contribution in [0.3, 0.4) is 0 Å². The van der Waals surface area contributed by atoms with E-state index in [9.17, 15) is 4.79 Å². The Morgan fingerprint density at radius 2 is 2.00 bits per heavy atom. The summed E-state index contributed by atoms with van der Waals surface area (Å²) in [5.41, 5.74) is -2.39. The summed E-state index contributed by atoms with van der Waals surface area (Å²) in [4.78, 5) is 12.7. The quantitative estimate of drug-likeness (QED) is 0.589. The van der Waals surface area contributed by atoms with Gasteiger partial charge in [-0.25, -0.2) is 0 Å². The number of methoxy groups -OCH3 is 1. The van der Waals surface area contributed by atoms with Gasteiger partial charge in [-0.2, -0.15) is 9.78 Å². The maximum Gasteiger partial charge on any atom is 0.317 e. The molecule has 2 aromatic rings. The van der Waals surface area contributed by atoms with Gasteiger partial charge in [-0.1, -0.05) is 36.5 Å². The van der Waals surface area contributed by atoms with Crippen LogP contribution < -0.4 is 14.8 Å². The van der Waals surface area contributed by atoms with Crippen molar-refractivity contribution in [2.24, 2.45) is 0 Å². The smallest absolute Gasteiger partial charge is 0.317 e. The van der Waals surface area contributed by atoms with Crippen molar-refractivity contribution in [3.63, 3.8) is 0 Å². The normalized spacial score (nSPS) is 13.2. The summed E-state index contributed by atoms with van der Waals surface area (Å²) in [6, 6.07) is 9.10. The third-order valence-electron chi connectivity index (χ3n) is 3.06. The fraction of sp³-hybridized carbons (Fsp3) is 0.375. The molecule has 0 fully saturated rings. The zero-order valence-electron chi connectivity index (χ0n) is 14.4. The highest BCUT2D eigenvalue weighted by Gasteiger charge is 2.25. The number of aromatic nitrogens is 2. The van der Waals surface area contributed by atoms with Crippen molar-refractivity contribution in [3.8, 4) is 17.2 Å². The average Bonchev–Trinajstić information content (AvgIpc) is 2.61. The lowest BCUT2D eigenvalue weighted by molar-refractivity contribution is 0.333. The highest BCUT2D eigenvalue weighted by molar-refractivity contribution is 8.68. The van der Waals surface area contributed by atoms with Gasteiger partial charge in [-0.05, 0) is 37.3 Å². The lowest BCUT2D eigenvalue weighted by atomic mass is 10.3. The molecule has 1 aromatic carbocycles. The minimum atomic E-state index is -2.62. The van der Waals surface area contributed by atoms with Gasteiger partial charge in [0, 0.05) is 5.75 Å².